The molecule has 0 saturated carbocycles. The average molecular weight is 1340 g/mol. The largest absolute Gasteiger partial charge is 0.309 e. The fraction of sp³-hybridized carbons (Fsp3) is 0.128. The van der Waals surface area contributed by atoms with E-state index in [1.165, 1.54) is 65.7 Å². The minimum Gasteiger partial charge on any atom is -0.309 e. The third kappa shape index (κ3) is 9.06. The third-order valence-corrected chi connectivity index (χ3v) is 22.4. The number of fused-ring (bicyclic) bond motifs is 10. The molecule has 10 nitrogen and oxygen atoms in total. The van der Waals surface area contributed by atoms with Crippen molar-refractivity contribution < 1.29 is 0 Å². The van der Waals surface area contributed by atoms with Crippen LogP contribution >= 0.6 is 0 Å². The van der Waals surface area contributed by atoms with Crippen LogP contribution < -0.4 is 9.80 Å². The van der Waals surface area contributed by atoms with Crippen LogP contribution in [0.4, 0.5) is 34.1 Å². The second kappa shape index (κ2) is 22.9. The molecule has 0 fully saturated rings. The molecule has 18 aromatic rings. The Morgan fingerprint density at radius 3 is 0.942 bits per heavy atom. The fourth-order valence-electron chi connectivity index (χ4n) is 17.4. The summed E-state index contributed by atoms with van der Waals surface area (Å²) in [6, 6.07) is 101. The number of nitrogens with zero attached hydrogens (tertiary/aromatic N) is 10. The van der Waals surface area contributed by atoms with Gasteiger partial charge >= 0.3 is 0 Å². The number of aromatic nitrogens is 8. The smallest absolute Gasteiger partial charge is 0.238 e. The van der Waals surface area contributed by atoms with Crippen molar-refractivity contribution in [3.8, 4) is 57.4 Å². The molecule has 4 aromatic heterocycles. The second-order valence-electron chi connectivity index (χ2n) is 29.8. The number of hydrogen-bond donors (Lipinski definition) is 0. The van der Waals surface area contributed by atoms with Crippen LogP contribution in [-0.4, -0.2) is 39.0 Å². The second-order valence-corrected chi connectivity index (χ2v) is 29.8. The zero-order valence-electron chi connectivity index (χ0n) is 59.2. The molecule has 0 unspecified atom stereocenters. The fourth-order valence-corrected chi connectivity index (χ4v) is 17.4. The Morgan fingerprint density at radius 1 is 0.260 bits per heavy atom. The summed E-state index contributed by atoms with van der Waals surface area (Å²) < 4.78 is 4.55. The topological polar surface area (TPSA) is 93.7 Å². The van der Waals surface area contributed by atoms with E-state index >= 15 is 0 Å². The van der Waals surface area contributed by atoms with Gasteiger partial charge in [-0.25, -0.2) is 9.97 Å². The lowest BCUT2D eigenvalue weighted by Gasteiger charge is -2.43. The lowest BCUT2D eigenvalue weighted by Crippen LogP contribution is -2.31. The standard InChI is InChI=1S/C94H72N10/c1-55(2)65-49-61-45-48-78(102-76-44-28-24-40-70(76)94(7,8)72-52-68-64-38-22-26-42-74(64)104(80(68)54-82(72)102)92-99-89(59-33-17-11-18-34-59)96-90(100-92)60-35-19-12-20-36-60)86-66(56(3)4)50-62-46-47-77(85(65)83(62)84(61)86)101-75-43-27-23-39-69(75)93(5,6)71-51-67-63-37-21-25-41-73(63)103(79(67)53-81(71)101)91-97-87(57-29-13-9-14-30-57)95-88(98-91)58-31-15-10-16-32-58/h9-56H,1-8H3. The van der Waals surface area contributed by atoms with E-state index in [0.29, 0.717) is 35.2 Å². The van der Waals surface area contributed by atoms with E-state index in [4.69, 9.17) is 29.9 Å². The maximum atomic E-state index is 5.42. The summed E-state index contributed by atoms with van der Waals surface area (Å²) in [6.45, 7) is 19.1. The Bertz CT molecular complexity index is 6040. The van der Waals surface area contributed by atoms with Gasteiger partial charge in [0.2, 0.25) is 11.9 Å². The Hall–Kier alpha value is -12.7. The molecular weight excluding hydrogens is 1270 g/mol. The highest BCUT2D eigenvalue weighted by atomic mass is 15.2. The first kappa shape index (κ1) is 61.2. The quantitative estimate of drug-likeness (QED) is 0.125. The third-order valence-electron chi connectivity index (χ3n) is 22.4. The van der Waals surface area contributed by atoms with Crippen LogP contribution in [0.25, 0.3) is 133 Å². The Labute approximate surface area is 603 Å². The summed E-state index contributed by atoms with van der Waals surface area (Å²) in [5, 5.41) is 12.0. The maximum Gasteiger partial charge on any atom is 0.238 e. The molecule has 2 aliphatic heterocycles. The molecule has 0 aliphatic carbocycles. The Kier molecular flexibility index (Phi) is 13.5. The minimum absolute atomic E-state index is 0.156. The van der Waals surface area contributed by atoms with Crippen molar-refractivity contribution in [2.24, 2.45) is 0 Å². The molecule has 0 radical (unpaired) electrons. The van der Waals surface area contributed by atoms with Gasteiger partial charge in [0.15, 0.2) is 23.3 Å². The van der Waals surface area contributed by atoms with Gasteiger partial charge in [0.1, 0.15) is 0 Å². The molecule has 498 valence electrons. The van der Waals surface area contributed by atoms with Gasteiger partial charge in [0, 0.05) is 65.4 Å². The molecule has 6 heterocycles. The SMILES string of the molecule is CC(C)c1cc2ccc(N3c4ccccc4C(C)(C)c4cc5c6ccccc6n(-c6nc(-c7ccccc7)nc(-c7ccccc7)n6)c5cc43)c3c(C(C)C)cc4ccc(N5c6ccccc6C(C)(C)c6cc7c8ccccc8n(-c8nc(-c9ccccc9)nc(-c9ccccc9)n8)c7cc65)c1c4c23. The van der Waals surface area contributed by atoms with E-state index in [1.54, 1.807) is 0 Å². The molecule has 0 bridgehead atoms. The molecule has 0 saturated heterocycles. The highest BCUT2D eigenvalue weighted by Crippen LogP contribution is 2.60. The zero-order chi connectivity index (χ0) is 70.0. The lowest BCUT2D eigenvalue weighted by atomic mass is 9.72. The number of benzene rings is 14. The molecule has 20 rings (SSSR count). The van der Waals surface area contributed by atoms with E-state index in [9.17, 15) is 0 Å². The first-order chi connectivity index (χ1) is 50.8. The van der Waals surface area contributed by atoms with Gasteiger partial charge in [-0.3, -0.25) is 9.13 Å². The number of hydrogen-bond acceptors (Lipinski definition) is 8. The molecule has 10 heteroatoms. The summed E-state index contributed by atoms with van der Waals surface area (Å²) in [6.07, 6.45) is 0. The minimum atomic E-state index is -0.406. The Balaban J connectivity index is 0.850. The normalized spacial score (nSPS) is 13.9. The summed E-state index contributed by atoms with van der Waals surface area (Å²) in [4.78, 5) is 37.2. The first-order valence-corrected chi connectivity index (χ1v) is 36.2. The van der Waals surface area contributed by atoms with E-state index in [2.05, 4.69) is 281 Å². The van der Waals surface area contributed by atoms with Crippen LogP contribution in [0.3, 0.4) is 0 Å². The molecule has 0 N–H and O–H groups in total. The molecular formula is C94H72N10. The Morgan fingerprint density at radius 2 is 0.587 bits per heavy atom. The molecule has 0 atom stereocenters. The predicted molar refractivity (Wildman–Crippen MR) is 429 cm³/mol. The number of para-hydroxylation sites is 4. The summed E-state index contributed by atoms with van der Waals surface area (Å²) in [5.41, 5.74) is 21.3. The number of anilines is 6. The van der Waals surface area contributed by atoms with Gasteiger partial charge in [-0.15, -0.1) is 0 Å². The van der Waals surface area contributed by atoms with Crippen LogP contribution in [0.2, 0.25) is 0 Å². The van der Waals surface area contributed by atoms with Gasteiger partial charge in [-0.2, -0.15) is 19.9 Å². The van der Waals surface area contributed by atoms with Crippen molar-refractivity contribution in [1.82, 2.24) is 39.0 Å². The predicted octanol–water partition coefficient (Wildman–Crippen LogP) is 24.3. The van der Waals surface area contributed by atoms with Crippen molar-refractivity contribution in [2.75, 3.05) is 9.80 Å². The van der Waals surface area contributed by atoms with E-state index < -0.39 is 10.8 Å². The summed E-state index contributed by atoms with van der Waals surface area (Å²) >= 11 is 0. The van der Waals surface area contributed by atoms with Gasteiger partial charge < -0.3 is 9.80 Å². The van der Waals surface area contributed by atoms with Crippen LogP contribution in [0.5, 0.6) is 0 Å². The van der Waals surface area contributed by atoms with E-state index in [-0.39, 0.29) is 11.8 Å². The van der Waals surface area contributed by atoms with E-state index in [0.717, 1.165) is 100.0 Å². The average Bonchev–Trinajstić information content (AvgIpc) is 1.40. The zero-order valence-corrected chi connectivity index (χ0v) is 59.2. The van der Waals surface area contributed by atoms with Crippen LogP contribution in [0.1, 0.15) is 101 Å². The van der Waals surface area contributed by atoms with Crippen molar-refractivity contribution in [3.05, 3.63) is 312 Å². The van der Waals surface area contributed by atoms with Crippen molar-refractivity contribution in [3.63, 3.8) is 0 Å². The van der Waals surface area contributed by atoms with Crippen LogP contribution in [0, 0.1) is 0 Å². The van der Waals surface area contributed by atoms with Gasteiger partial charge in [0.25, 0.3) is 0 Å². The lowest BCUT2D eigenvalue weighted by molar-refractivity contribution is 0.633. The summed E-state index contributed by atoms with van der Waals surface area (Å²) in [5.74, 6) is 3.86. The van der Waals surface area contributed by atoms with Crippen molar-refractivity contribution in [1.29, 1.82) is 0 Å². The molecule has 2 aliphatic rings. The van der Waals surface area contributed by atoms with Crippen LogP contribution in [0.15, 0.2) is 279 Å². The molecule has 0 amide bonds. The molecule has 0 spiro atoms. The van der Waals surface area contributed by atoms with Crippen molar-refractivity contribution in [2.45, 2.75) is 78.1 Å². The highest BCUT2D eigenvalue weighted by molar-refractivity contribution is 6.30. The van der Waals surface area contributed by atoms with Gasteiger partial charge in [-0.1, -0.05) is 274 Å². The maximum absolute atomic E-state index is 5.42. The van der Waals surface area contributed by atoms with Gasteiger partial charge in [-0.05, 0) is 127 Å². The molecule has 14 aromatic carbocycles. The van der Waals surface area contributed by atoms with Gasteiger partial charge in [0.05, 0.1) is 56.2 Å². The van der Waals surface area contributed by atoms with E-state index in [1.807, 2.05) is 72.8 Å². The van der Waals surface area contributed by atoms with Crippen LogP contribution in [-0.2, 0) is 10.8 Å². The molecule has 104 heavy (non-hydrogen) atoms. The van der Waals surface area contributed by atoms with Crippen molar-refractivity contribution >= 4 is 110 Å². The number of rotatable bonds is 10. The summed E-state index contributed by atoms with van der Waals surface area (Å²) in [7, 11) is 0. The highest BCUT2D eigenvalue weighted by Gasteiger charge is 2.42. The first-order valence-electron chi connectivity index (χ1n) is 36.2. The monoisotopic (exact) mass is 1340 g/mol.